The smallest absolute Gasteiger partial charge is 0.349 e. The van der Waals surface area contributed by atoms with Gasteiger partial charge in [0.05, 0.1) is 0 Å². The number of carbonyl (C=O) groups excluding carboxylic acids is 2. The van der Waals surface area contributed by atoms with E-state index in [1.165, 1.54) is 6.08 Å². The molecule has 1 amide bonds. The van der Waals surface area contributed by atoms with Crippen LogP contribution in [0.3, 0.4) is 0 Å². The van der Waals surface area contributed by atoms with Gasteiger partial charge in [0.15, 0.2) is 6.61 Å². The SMILES string of the molecule is Cc1cc(/C=C(\C#N)C(=O)OCC(=O)NC(C)(C)C)c(C)n1CCC(C)C. The highest BCUT2D eigenvalue weighted by Crippen LogP contribution is 2.20. The van der Waals surface area contributed by atoms with Crippen molar-refractivity contribution in [2.45, 2.75) is 67.0 Å². The monoisotopic (exact) mass is 373 g/mol. The number of rotatable bonds is 7. The third kappa shape index (κ3) is 7.30. The van der Waals surface area contributed by atoms with Crippen LogP contribution in [0.1, 0.15) is 58.0 Å². The molecule has 1 rings (SSSR count). The molecule has 0 aliphatic carbocycles. The Morgan fingerprint density at radius 2 is 1.96 bits per heavy atom. The van der Waals surface area contributed by atoms with Gasteiger partial charge in [0.1, 0.15) is 11.6 Å². The van der Waals surface area contributed by atoms with Gasteiger partial charge in [-0.1, -0.05) is 13.8 Å². The minimum absolute atomic E-state index is 0.123. The van der Waals surface area contributed by atoms with Crippen molar-refractivity contribution in [1.29, 1.82) is 5.26 Å². The van der Waals surface area contributed by atoms with E-state index in [2.05, 4.69) is 23.7 Å². The molecule has 1 heterocycles. The van der Waals surface area contributed by atoms with Gasteiger partial charge in [-0.2, -0.15) is 5.26 Å². The van der Waals surface area contributed by atoms with Crippen LogP contribution >= 0.6 is 0 Å². The fraction of sp³-hybridized carbons (Fsp3) is 0.571. The quantitative estimate of drug-likeness (QED) is 0.450. The summed E-state index contributed by atoms with van der Waals surface area (Å²) in [5.74, 6) is -0.609. The van der Waals surface area contributed by atoms with Gasteiger partial charge in [0, 0.05) is 23.5 Å². The summed E-state index contributed by atoms with van der Waals surface area (Å²) in [6, 6.07) is 3.83. The van der Waals surface area contributed by atoms with Crippen molar-refractivity contribution < 1.29 is 14.3 Å². The summed E-state index contributed by atoms with van der Waals surface area (Å²) in [4.78, 5) is 23.9. The van der Waals surface area contributed by atoms with E-state index in [9.17, 15) is 14.9 Å². The van der Waals surface area contributed by atoms with Gasteiger partial charge in [0.25, 0.3) is 5.91 Å². The van der Waals surface area contributed by atoms with Crippen LogP contribution in [0.4, 0.5) is 0 Å². The molecule has 1 N–H and O–H groups in total. The normalized spacial score (nSPS) is 12.0. The summed E-state index contributed by atoms with van der Waals surface area (Å²) in [5.41, 5.74) is 2.35. The van der Waals surface area contributed by atoms with Crippen LogP contribution in [0.25, 0.3) is 6.08 Å². The highest BCUT2D eigenvalue weighted by Gasteiger charge is 2.18. The number of nitriles is 1. The lowest BCUT2D eigenvalue weighted by molar-refractivity contribution is -0.144. The zero-order chi connectivity index (χ0) is 20.8. The summed E-state index contributed by atoms with van der Waals surface area (Å²) >= 11 is 0. The van der Waals surface area contributed by atoms with E-state index in [0.717, 1.165) is 29.9 Å². The summed E-state index contributed by atoms with van der Waals surface area (Å²) in [6.45, 7) is 14.3. The second-order valence-corrected chi connectivity index (χ2v) is 8.20. The number of hydrogen-bond acceptors (Lipinski definition) is 4. The van der Waals surface area contributed by atoms with E-state index in [-0.39, 0.29) is 5.57 Å². The molecule has 0 saturated heterocycles. The van der Waals surface area contributed by atoms with Gasteiger partial charge >= 0.3 is 5.97 Å². The van der Waals surface area contributed by atoms with Crippen molar-refractivity contribution in [3.8, 4) is 6.07 Å². The summed E-state index contributed by atoms with van der Waals surface area (Å²) < 4.78 is 7.17. The van der Waals surface area contributed by atoms with Crippen LogP contribution < -0.4 is 5.32 Å². The number of amides is 1. The molecule has 0 aliphatic heterocycles. The van der Waals surface area contributed by atoms with Crippen LogP contribution in [-0.4, -0.2) is 28.6 Å². The molecule has 0 radical (unpaired) electrons. The highest BCUT2D eigenvalue weighted by atomic mass is 16.5. The number of aromatic nitrogens is 1. The Morgan fingerprint density at radius 1 is 1.33 bits per heavy atom. The summed E-state index contributed by atoms with van der Waals surface area (Å²) in [7, 11) is 0. The zero-order valence-electron chi connectivity index (χ0n) is 17.5. The van der Waals surface area contributed by atoms with Crippen molar-refractivity contribution in [1.82, 2.24) is 9.88 Å². The summed E-state index contributed by atoms with van der Waals surface area (Å²) in [5, 5.41) is 12.0. The minimum atomic E-state index is -0.798. The van der Waals surface area contributed by atoms with Gasteiger partial charge in [0.2, 0.25) is 0 Å². The molecule has 1 aromatic heterocycles. The molecule has 0 unspecified atom stereocenters. The maximum Gasteiger partial charge on any atom is 0.349 e. The third-order valence-corrected chi connectivity index (χ3v) is 4.03. The first-order chi connectivity index (χ1) is 12.4. The first-order valence-corrected chi connectivity index (χ1v) is 9.21. The molecule has 0 saturated carbocycles. The molecule has 1 aromatic rings. The predicted molar refractivity (Wildman–Crippen MR) is 106 cm³/mol. The lowest BCUT2D eigenvalue weighted by Gasteiger charge is -2.20. The fourth-order valence-corrected chi connectivity index (χ4v) is 2.66. The summed E-state index contributed by atoms with van der Waals surface area (Å²) in [6.07, 6.45) is 2.58. The molecule has 0 atom stereocenters. The van der Waals surface area contributed by atoms with E-state index >= 15 is 0 Å². The Kier molecular flexibility index (Phi) is 7.83. The maximum atomic E-state index is 12.2. The van der Waals surface area contributed by atoms with E-state index in [4.69, 9.17) is 4.74 Å². The van der Waals surface area contributed by atoms with Gasteiger partial charge < -0.3 is 14.6 Å². The lowest BCUT2D eigenvalue weighted by Crippen LogP contribution is -2.42. The largest absolute Gasteiger partial charge is 0.451 e. The number of ether oxygens (including phenoxy) is 1. The first-order valence-electron chi connectivity index (χ1n) is 9.21. The average Bonchev–Trinajstić information content (AvgIpc) is 2.80. The second kappa shape index (κ2) is 9.40. The minimum Gasteiger partial charge on any atom is -0.451 e. The zero-order valence-corrected chi connectivity index (χ0v) is 17.5. The Hall–Kier alpha value is -2.55. The molecule has 0 fully saturated rings. The number of aryl methyl sites for hydroxylation is 1. The van der Waals surface area contributed by atoms with Crippen LogP contribution in [0.2, 0.25) is 0 Å². The molecule has 0 spiro atoms. The van der Waals surface area contributed by atoms with Gasteiger partial charge in [-0.15, -0.1) is 0 Å². The van der Waals surface area contributed by atoms with Gasteiger partial charge in [-0.05, 0) is 64.7 Å². The van der Waals surface area contributed by atoms with Gasteiger partial charge in [-0.3, -0.25) is 4.79 Å². The second-order valence-electron chi connectivity index (χ2n) is 8.20. The highest BCUT2D eigenvalue weighted by molar-refractivity contribution is 5.99. The molecule has 6 heteroatoms. The fourth-order valence-electron chi connectivity index (χ4n) is 2.66. The number of carbonyl (C=O) groups is 2. The Labute approximate surface area is 162 Å². The van der Waals surface area contributed by atoms with Gasteiger partial charge in [-0.25, -0.2) is 4.79 Å². The van der Waals surface area contributed by atoms with Crippen LogP contribution in [0, 0.1) is 31.1 Å². The van der Waals surface area contributed by atoms with E-state index in [1.54, 1.807) is 0 Å². The number of nitrogens with zero attached hydrogens (tertiary/aromatic N) is 2. The van der Waals surface area contributed by atoms with Crippen molar-refractivity contribution in [2.75, 3.05) is 6.61 Å². The van der Waals surface area contributed by atoms with Crippen LogP contribution in [0.5, 0.6) is 0 Å². The van der Waals surface area contributed by atoms with E-state index < -0.39 is 24.0 Å². The topological polar surface area (TPSA) is 84.1 Å². The third-order valence-electron chi connectivity index (χ3n) is 4.03. The standard InChI is InChI=1S/C21H31N3O3/c1-14(2)8-9-24-15(3)10-17(16(24)4)11-18(12-22)20(26)27-13-19(25)23-21(5,6)7/h10-11,14H,8-9,13H2,1-7H3,(H,23,25)/b18-11+. The Morgan fingerprint density at radius 3 is 2.48 bits per heavy atom. The molecule has 0 aliphatic rings. The van der Waals surface area contributed by atoms with E-state index in [1.807, 2.05) is 46.8 Å². The predicted octanol–water partition coefficient (Wildman–Crippen LogP) is 3.52. The molecule has 27 heavy (non-hydrogen) atoms. The maximum absolute atomic E-state index is 12.2. The van der Waals surface area contributed by atoms with Crippen molar-refractivity contribution in [2.24, 2.45) is 5.92 Å². The average molecular weight is 373 g/mol. The molecule has 6 nitrogen and oxygen atoms in total. The number of esters is 1. The molecule has 148 valence electrons. The number of nitrogens with one attached hydrogen (secondary N) is 1. The van der Waals surface area contributed by atoms with E-state index in [0.29, 0.717) is 5.92 Å². The molecule has 0 aromatic carbocycles. The molecule has 0 bridgehead atoms. The van der Waals surface area contributed by atoms with Crippen LogP contribution in [-0.2, 0) is 20.9 Å². The lowest BCUT2D eigenvalue weighted by atomic mass is 10.1. The van der Waals surface area contributed by atoms with Crippen LogP contribution in [0.15, 0.2) is 11.6 Å². The van der Waals surface area contributed by atoms with Crippen molar-refractivity contribution >= 4 is 18.0 Å². The molecular formula is C21H31N3O3. The Bertz CT molecular complexity index is 759. The first kappa shape index (κ1) is 22.5. The van der Waals surface area contributed by atoms with Crippen molar-refractivity contribution in [3.05, 3.63) is 28.6 Å². The molecular weight excluding hydrogens is 342 g/mol. The van der Waals surface area contributed by atoms with Crippen molar-refractivity contribution in [3.63, 3.8) is 0 Å². The number of hydrogen-bond donors (Lipinski definition) is 1. The Balaban J connectivity index is 2.88.